The van der Waals surface area contributed by atoms with Gasteiger partial charge in [-0.05, 0) is 30.7 Å². The number of hydrogen-bond donors (Lipinski definition) is 2. The van der Waals surface area contributed by atoms with E-state index in [9.17, 15) is 4.79 Å². The third kappa shape index (κ3) is 4.70. The minimum Gasteiger partial charge on any atom is -0.489 e. The summed E-state index contributed by atoms with van der Waals surface area (Å²) in [7, 11) is 0. The summed E-state index contributed by atoms with van der Waals surface area (Å²) in [5, 5.41) is 11.2. The lowest BCUT2D eigenvalue weighted by Crippen LogP contribution is -2.26. The Labute approximate surface area is 101 Å². The summed E-state index contributed by atoms with van der Waals surface area (Å²) in [6.45, 7) is 6.22. The van der Waals surface area contributed by atoms with Gasteiger partial charge in [0.05, 0.1) is 6.61 Å². The number of amides is 1. The highest BCUT2D eigenvalue weighted by molar-refractivity contribution is 5.94. The molecule has 0 spiro atoms. The molecule has 1 aromatic carbocycles. The van der Waals surface area contributed by atoms with Crippen molar-refractivity contribution in [2.75, 3.05) is 19.8 Å². The van der Waals surface area contributed by atoms with Gasteiger partial charge < -0.3 is 15.2 Å². The molecule has 0 fully saturated rings. The van der Waals surface area contributed by atoms with E-state index in [0.29, 0.717) is 17.9 Å². The summed E-state index contributed by atoms with van der Waals surface area (Å²) >= 11 is 0. The Morgan fingerprint density at radius 3 is 2.94 bits per heavy atom. The van der Waals surface area contributed by atoms with Gasteiger partial charge in [-0.3, -0.25) is 4.79 Å². The second-order valence-electron chi connectivity index (χ2n) is 3.75. The van der Waals surface area contributed by atoms with Crippen LogP contribution < -0.4 is 10.1 Å². The van der Waals surface area contributed by atoms with Crippen molar-refractivity contribution in [2.24, 2.45) is 0 Å². The third-order valence-electron chi connectivity index (χ3n) is 1.98. The zero-order valence-electron chi connectivity index (χ0n) is 9.90. The average Bonchev–Trinajstić information content (AvgIpc) is 2.33. The van der Waals surface area contributed by atoms with Crippen LogP contribution in [-0.2, 0) is 0 Å². The Morgan fingerprint density at radius 1 is 1.53 bits per heavy atom. The van der Waals surface area contributed by atoms with E-state index in [-0.39, 0.29) is 19.1 Å². The van der Waals surface area contributed by atoms with Crippen molar-refractivity contribution in [3.63, 3.8) is 0 Å². The minimum absolute atomic E-state index is 0.0718. The Balaban J connectivity index is 2.64. The van der Waals surface area contributed by atoms with Crippen LogP contribution in [0.1, 0.15) is 17.3 Å². The smallest absolute Gasteiger partial charge is 0.251 e. The van der Waals surface area contributed by atoms with Crippen LogP contribution >= 0.6 is 0 Å². The monoisotopic (exact) mass is 235 g/mol. The molecule has 2 N–H and O–H groups in total. The van der Waals surface area contributed by atoms with E-state index >= 15 is 0 Å². The van der Waals surface area contributed by atoms with Crippen molar-refractivity contribution in [2.45, 2.75) is 6.92 Å². The zero-order chi connectivity index (χ0) is 12.7. The standard InChI is InChI=1S/C13H17NO3/c1-10(2)9-17-12-5-3-4-11(8-12)13(16)14-6-7-15/h3-5,8,15H,1,6-7,9H2,2H3,(H,14,16). The van der Waals surface area contributed by atoms with Crippen molar-refractivity contribution in [1.29, 1.82) is 0 Å². The second kappa shape index (κ2) is 6.70. The SMILES string of the molecule is C=C(C)COc1cccc(C(=O)NCCO)c1. The van der Waals surface area contributed by atoms with Gasteiger partial charge in [0.25, 0.3) is 5.91 Å². The maximum absolute atomic E-state index is 11.6. The lowest BCUT2D eigenvalue weighted by Gasteiger charge is -2.08. The van der Waals surface area contributed by atoms with Crippen LogP contribution in [0.25, 0.3) is 0 Å². The molecule has 4 nitrogen and oxygen atoms in total. The van der Waals surface area contributed by atoms with E-state index in [4.69, 9.17) is 9.84 Å². The fourth-order valence-electron chi connectivity index (χ4n) is 1.21. The molecule has 92 valence electrons. The number of carbonyl (C=O) groups is 1. The van der Waals surface area contributed by atoms with Gasteiger partial charge >= 0.3 is 0 Å². The molecule has 1 amide bonds. The van der Waals surface area contributed by atoms with Crippen LogP contribution in [0.15, 0.2) is 36.4 Å². The van der Waals surface area contributed by atoms with Gasteiger partial charge in [-0.15, -0.1) is 0 Å². The van der Waals surface area contributed by atoms with Gasteiger partial charge in [0.1, 0.15) is 12.4 Å². The fourth-order valence-corrected chi connectivity index (χ4v) is 1.21. The van der Waals surface area contributed by atoms with Gasteiger partial charge in [0.2, 0.25) is 0 Å². The molecule has 0 atom stereocenters. The predicted molar refractivity (Wildman–Crippen MR) is 66.2 cm³/mol. The van der Waals surface area contributed by atoms with Crippen LogP contribution in [0.3, 0.4) is 0 Å². The highest BCUT2D eigenvalue weighted by Crippen LogP contribution is 2.13. The summed E-state index contributed by atoms with van der Waals surface area (Å²) in [6, 6.07) is 6.89. The molecule has 17 heavy (non-hydrogen) atoms. The number of aliphatic hydroxyl groups excluding tert-OH is 1. The molecule has 0 heterocycles. The molecule has 0 aliphatic heterocycles. The first-order chi connectivity index (χ1) is 8.13. The molecule has 0 aromatic heterocycles. The van der Waals surface area contributed by atoms with Crippen molar-refractivity contribution in [1.82, 2.24) is 5.32 Å². The summed E-state index contributed by atoms with van der Waals surface area (Å²) in [5.74, 6) is 0.407. The van der Waals surface area contributed by atoms with Crippen LogP contribution in [0.2, 0.25) is 0 Å². The molecule has 0 aliphatic carbocycles. The number of benzene rings is 1. The Bertz CT molecular complexity index is 401. The summed E-state index contributed by atoms with van der Waals surface area (Å²) in [5.41, 5.74) is 1.43. The largest absolute Gasteiger partial charge is 0.489 e. The zero-order valence-corrected chi connectivity index (χ0v) is 9.90. The molecule has 4 heteroatoms. The molecular formula is C13H17NO3. The number of hydrogen-bond acceptors (Lipinski definition) is 3. The molecule has 0 saturated heterocycles. The molecule has 0 radical (unpaired) electrons. The highest BCUT2D eigenvalue weighted by Gasteiger charge is 2.05. The van der Waals surface area contributed by atoms with Crippen LogP contribution in [0.4, 0.5) is 0 Å². The third-order valence-corrected chi connectivity index (χ3v) is 1.98. The van der Waals surface area contributed by atoms with Gasteiger partial charge in [0, 0.05) is 12.1 Å². The molecule has 0 bridgehead atoms. The fraction of sp³-hybridized carbons (Fsp3) is 0.308. The normalized spacial score (nSPS) is 9.76. The van der Waals surface area contributed by atoms with Crippen molar-refractivity contribution >= 4 is 5.91 Å². The van der Waals surface area contributed by atoms with E-state index in [0.717, 1.165) is 5.57 Å². The van der Waals surface area contributed by atoms with E-state index in [1.165, 1.54) is 0 Å². The number of ether oxygens (including phenoxy) is 1. The second-order valence-corrected chi connectivity index (χ2v) is 3.75. The number of carbonyl (C=O) groups excluding carboxylic acids is 1. The Kier molecular flexibility index (Phi) is 5.23. The molecule has 0 saturated carbocycles. The quantitative estimate of drug-likeness (QED) is 0.732. The van der Waals surface area contributed by atoms with E-state index in [1.807, 2.05) is 6.92 Å². The van der Waals surface area contributed by atoms with Crippen molar-refractivity contribution in [3.05, 3.63) is 42.0 Å². The first-order valence-corrected chi connectivity index (χ1v) is 5.40. The maximum Gasteiger partial charge on any atom is 0.251 e. The highest BCUT2D eigenvalue weighted by atomic mass is 16.5. The minimum atomic E-state index is -0.222. The van der Waals surface area contributed by atoms with E-state index in [1.54, 1.807) is 24.3 Å². The molecular weight excluding hydrogens is 218 g/mol. The van der Waals surface area contributed by atoms with Gasteiger partial charge in [0.15, 0.2) is 0 Å². The number of aliphatic hydroxyl groups is 1. The summed E-state index contributed by atoms with van der Waals surface area (Å²) < 4.78 is 5.43. The number of nitrogens with one attached hydrogen (secondary N) is 1. The van der Waals surface area contributed by atoms with Gasteiger partial charge in [-0.25, -0.2) is 0 Å². The number of rotatable bonds is 6. The van der Waals surface area contributed by atoms with Crippen molar-refractivity contribution in [3.8, 4) is 5.75 Å². The lowest BCUT2D eigenvalue weighted by molar-refractivity contribution is 0.0944. The molecule has 1 aromatic rings. The topological polar surface area (TPSA) is 58.6 Å². The van der Waals surface area contributed by atoms with E-state index < -0.39 is 0 Å². The van der Waals surface area contributed by atoms with Crippen LogP contribution in [0.5, 0.6) is 5.75 Å². The average molecular weight is 235 g/mol. The first-order valence-electron chi connectivity index (χ1n) is 5.40. The predicted octanol–water partition coefficient (Wildman–Crippen LogP) is 1.36. The molecule has 0 aliphatic rings. The maximum atomic E-state index is 11.6. The molecule has 1 rings (SSSR count). The van der Waals surface area contributed by atoms with E-state index in [2.05, 4.69) is 11.9 Å². The van der Waals surface area contributed by atoms with Gasteiger partial charge in [-0.2, -0.15) is 0 Å². The van der Waals surface area contributed by atoms with Crippen molar-refractivity contribution < 1.29 is 14.6 Å². The van der Waals surface area contributed by atoms with Crippen LogP contribution in [0, 0.1) is 0 Å². The Hall–Kier alpha value is -1.81. The molecule has 0 unspecified atom stereocenters. The first kappa shape index (κ1) is 13.3. The summed E-state index contributed by atoms with van der Waals surface area (Å²) in [4.78, 5) is 11.6. The summed E-state index contributed by atoms with van der Waals surface area (Å²) in [6.07, 6.45) is 0. The lowest BCUT2D eigenvalue weighted by atomic mass is 10.2. The Morgan fingerprint density at radius 2 is 2.29 bits per heavy atom. The van der Waals surface area contributed by atoms with Gasteiger partial charge in [-0.1, -0.05) is 12.6 Å². The van der Waals surface area contributed by atoms with Crippen LogP contribution in [-0.4, -0.2) is 30.8 Å².